The average Bonchev–Trinajstić information content (AvgIpc) is 2.79. The molecular formula is C17H10Cl3NO2S. The van der Waals surface area contributed by atoms with Crippen molar-refractivity contribution in [3.05, 3.63) is 73.6 Å². The summed E-state index contributed by atoms with van der Waals surface area (Å²) in [4.78, 5) is 26.2. The maximum Gasteiger partial charge on any atom is 0.293 e. The molecule has 1 fully saturated rings. The first-order chi connectivity index (χ1) is 11.4. The molecule has 122 valence electrons. The van der Waals surface area contributed by atoms with Gasteiger partial charge in [0.05, 0.1) is 21.5 Å². The first-order valence-corrected chi connectivity index (χ1v) is 8.84. The lowest BCUT2D eigenvalue weighted by molar-refractivity contribution is -0.123. The van der Waals surface area contributed by atoms with Gasteiger partial charge in [-0.1, -0.05) is 53.0 Å². The van der Waals surface area contributed by atoms with E-state index in [1.54, 1.807) is 42.5 Å². The van der Waals surface area contributed by atoms with Crippen LogP contribution in [0.2, 0.25) is 15.1 Å². The van der Waals surface area contributed by atoms with Gasteiger partial charge in [-0.25, -0.2) is 0 Å². The van der Waals surface area contributed by atoms with Crippen LogP contribution in [0.25, 0.3) is 6.08 Å². The summed E-state index contributed by atoms with van der Waals surface area (Å²) in [5.41, 5.74) is 1.50. The van der Waals surface area contributed by atoms with Crippen LogP contribution in [0.1, 0.15) is 11.1 Å². The Kier molecular flexibility index (Phi) is 5.21. The van der Waals surface area contributed by atoms with Gasteiger partial charge < -0.3 is 0 Å². The molecule has 0 N–H and O–H groups in total. The molecular weight excluding hydrogens is 389 g/mol. The molecule has 3 nitrogen and oxygen atoms in total. The number of imide groups is 1. The fourth-order valence-electron chi connectivity index (χ4n) is 2.21. The molecule has 0 atom stereocenters. The molecule has 1 aliphatic heterocycles. The van der Waals surface area contributed by atoms with Gasteiger partial charge in [-0.3, -0.25) is 14.5 Å². The molecule has 1 heterocycles. The molecule has 0 saturated carbocycles. The van der Waals surface area contributed by atoms with Gasteiger partial charge >= 0.3 is 0 Å². The number of amides is 2. The molecule has 0 aromatic heterocycles. The van der Waals surface area contributed by atoms with Crippen LogP contribution in [0.15, 0.2) is 47.4 Å². The van der Waals surface area contributed by atoms with Crippen molar-refractivity contribution >= 4 is 63.8 Å². The van der Waals surface area contributed by atoms with Gasteiger partial charge in [-0.05, 0) is 53.2 Å². The lowest BCUT2D eigenvalue weighted by atomic mass is 10.2. The normalized spacial score (nSPS) is 16.3. The molecule has 3 rings (SSSR count). The summed E-state index contributed by atoms with van der Waals surface area (Å²) in [5.74, 6) is -0.337. The smallest absolute Gasteiger partial charge is 0.268 e. The summed E-state index contributed by atoms with van der Waals surface area (Å²) < 4.78 is 0. The Morgan fingerprint density at radius 1 is 1.00 bits per heavy atom. The van der Waals surface area contributed by atoms with E-state index in [0.717, 1.165) is 17.3 Å². The van der Waals surface area contributed by atoms with Crippen molar-refractivity contribution in [2.24, 2.45) is 0 Å². The minimum absolute atomic E-state index is 0.184. The Balaban J connectivity index is 1.83. The van der Waals surface area contributed by atoms with Crippen LogP contribution in [-0.2, 0) is 11.3 Å². The number of benzene rings is 2. The highest BCUT2D eigenvalue weighted by molar-refractivity contribution is 8.18. The van der Waals surface area contributed by atoms with Crippen LogP contribution in [0, 0.1) is 0 Å². The van der Waals surface area contributed by atoms with Crippen LogP contribution in [-0.4, -0.2) is 16.0 Å². The SMILES string of the molecule is O=C1S/C(=C\c2ccc(Cl)c(Cl)c2)C(=O)N1Cc1cccc(Cl)c1. The van der Waals surface area contributed by atoms with E-state index in [-0.39, 0.29) is 17.7 Å². The number of thioether (sulfide) groups is 1. The summed E-state index contributed by atoms with van der Waals surface area (Å²) in [6, 6.07) is 12.1. The molecule has 1 aliphatic rings. The molecule has 7 heteroatoms. The van der Waals surface area contributed by atoms with Crippen LogP contribution in [0.4, 0.5) is 4.79 Å². The monoisotopic (exact) mass is 397 g/mol. The van der Waals surface area contributed by atoms with Gasteiger partial charge in [-0.15, -0.1) is 0 Å². The van der Waals surface area contributed by atoms with Crippen molar-refractivity contribution in [2.75, 3.05) is 0 Å². The zero-order valence-electron chi connectivity index (χ0n) is 12.1. The number of nitrogens with zero attached hydrogens (tertiary/aromatic N) is 1. The van der Waals surface area contributed by atoms with Crippen LogP contribution in [0.5, 0.6) is 0 Å². The largest absolute Gasteiger partial charge is 0.293 e. The Morgan fingerprint density at radius 2 is 1.79 bits per heavy atom. The van der Waals surface area contributed by atoms with E-state index >= 15 is 0 Å². The summed E-state index contributed by atoms with van der Waals surface area (Å²) in [5, 5.41) is 1.07. The Bertz CT molecular complexity index is 867. The number of hydrogen-bond donors (Lipinski definition) is 0. The summed E-state index contributed by atoms with van der Waals surface area (Å²) in [7, 11) is 0. The third kappa shape index (κ3) is 3.78. The van der Waals surface area contributed by atoms with E-state index in [1.165, 1.54) is 4.90 Å². The second-order valence-electron chi connectivity index (χ2n) is 5.07. The third-order valence-electron chi connectivity index (χ3n) is 3.34. The van der Waals surface area contributed by atoms with E-state index in [4.69, 9.17) is 34.8 Å². The van der Waals surface area contributed by atoms with Gasteiger partial charge in [0.25, 0.3) is 11.1 Å². The summed E-state index contributed by atoms with van der Waals surface area (Å²) in [6.45, 7) is 0.184. The van der Waals surface area contributed by atoms with Crippen LogP contribution >= 0.6 is 46.6 Å². The topological polar surface area (TPSA) is 37.4 Å². The zero-order valence-corrected chi connectivity index (χ0v) is 15.2. The number of carbonyl (C=O) groups is 2. The molecule has 0 spiro atoms. The lowest BCUT2D eigenvalue weighted by Crippen LogP contribution is -2.27. The van der Waals surface area contributed by atoms with Crippen molar-refractivity contribution in [2.45, 2.75) is 6.54 Å². The standard InChI is InChI=1S/C17H10Cl3NO2S/c18-12-3-1-2-11(6-12)9-21-16(22)15(24-17(21)23)8-10-4-5-13(19)14(20)7-10/h1-8H,9H2/b15-8-. The van der Waals surface area contributed by atoms with E-state index in [1.807, 2.05) is 6.07 Å². The van der Waals surface area contributed by atoms with Crippen molar-refractivity contribution < 1.29 is 9.59 Å². The third-order valence-corrected chi connectivity index (χ3v) is 5.23. The number of hydrogen-bond acceptors (Lipinski definition) is 3. The molecule has 2 aromatic rings. The van der Waals surface area contributed by atoms with Crippen molar-refractivity contribution in [1.29, 1.82) is 0 Å². The van der Waals surface area contributed by atoms with E-state index in [2.05, 4.69) is 0 Å². The highest BCUT2D eigenvalue weighted by Crippen LogP contribution is 2.34. The highest BCUT2D eigenvalue weighted by atomic mass is 35.5. The van der Waals surface area contributed by atoms with E-state index in [9.17, 15) is 9.59 Å². The molecule has 0 unspecified atom stereocenters. The molecule has 24 heavy (non-hydrogen) atoms. The predicted molar refractivity (Wildman–Crippen MR) is 99.4 cm³/mol. The molecule has 1 saturated heterocycles. The van der Waals surface area contributed by atoms with Crippen LogP contribution < -0.4 is 0 Å². The quantitative estimate of drug-likeness (QED) is 0.606. The Hall–Kier alpha value is -1.46. The molecule has 2 aromatic carbocycles. The highest BCUT2D eigenvalue weighted by Gasteiger charge is 2.34. The van der Waals surface area contributed by atoms with Gasteiger partial charge in [-0.2, -0.15) is 0 Å². The maximum absolute atomic E-state index is 12.5. The van der Waals surface area contributed by atoms with Gasteiger partial charge in [0, 0.05) is 5.02 Å². The maximum atomic E-state index is 12.5. The average molecular weight is 399 g/mol. The number of carbonyl (C=O) groups excluding carboxylic acids is 2. The van der Waals surface area contributed by atoms with Gasteiger partial charge in [0.2, 0.25) is 0 Å². The summed E-state index contributed by atoms with van der Waals surface area (Å²) >= 11 is 18.7. The van der Waals surface area contributed by atoms with Crippen molar-refractivity contribution in [3.63, 3.8) is 0 Å². The summed E-state index contributed by atoms with van der Waals surface area (Å²) in [6.07, 6.45) is 1.63. The number of rotatable bonds is 3. The van der Waals surface area contributed by atoms with Crippen molar-refractivity contribution in [1.82, 2.24) is 4.90 Å². The second-order valence-corrected chi connectivity index (χ2v) is 7.32. The van der Waals surface area contributed by atoms with E-state index < -0.39 is 0 Å². The molecule has 0 aliphatic carbocycles. The predicted octanol–water partition coefficient (Wildman–Crippen LogP) is 5.88. The number of halogens is 3. The molecule has 0 radical (unpaired) electrons. The van der Waals surface area contributed by atoms with Gasteiger partial charge in [0.1, 0.15) is 0 Å². The Morgan fingerprint density at radius 3 is 2.50 bits per heavy atom. The van der Waals surface area contributed by atoms with Crippen LogP contribution in [0.3, 0.4) is 0 Å². The minimum Gasteiger partial charge on any atom is -0.268 e. The molecule has 2 amide bonds. The van der Waals surface area contributed by atoms with E-state index in [0.29, 0.717) is 25.5 Å². The zero-order chi connectivity index (χ0) is 17.3. The fourth-order valence-corrected chi connectivity index (χ4v) is 3.57. The lowest BCUT2D eigenvalue weighted by Gasteiger charge is -2.12. The van der Waals surface area contributed by atoms with Gasteiger partial charge in [0.15, 0.2) is 0 Å². The minimum atomic E-state index is -0.337. The van der Waals surface area contributed by atoms with Crippen molar-refractivity contribution in [3.8, 4) is 0 Å². The fraction of sp³-hybridized carbons (Fsp3) is 0.0588. The first kappa shape index (κ1) is 17.4. The Labute approximate surface area is 158 Å². The second kappa shape index (κ2) is 7.19. The molecule has 0 bridgehead atoms. The first-order valence-electron chi connectivity index (χ1n) is 6.89.